The van der Waals surface area contributed by atoms with Crippen LogP contribution in [0.5, 0.6) is 5.75 Å². The van der Waals surface area contributed by atoms with Crippen molar-refractivity contribution in [2.75, 3.05) is 0 Å². The number of halogens is 2. The van der Waals surface area contributed by atoms with E-state index in [0.717, 1.165) is 11.3 Å². The monoisotopic (exact) mass is 369 g/mol. The molecular weight excluding hydrogens is 349 g/mol. The molecular formula is C17H21Cl2N3O2. The second-order valence-corrected chi connectivity index (χ2v) is 8.14. The average Bonchev–Trinajstić information content (AvgIpc) is 3.11. The Balaban J connectivity index is 1.81. The van der Waals surface area contributed by atoms with Gasteiger partial charge in [0.05, 0.1) is 12.1 Å². The molecule has 1 N–H and O–H groups in total. The number of benzene rings is 1. The van der Waals surface area contributed by atoms with Crippen molar-refractivity contribution in [2.24, 2.45) is 5.41 Å². The Morgan fingerprint density at radius 2 is 2.12 bits per heavy atom. The van der Waals surface area contributed by atoms with E-state index < -0.39 is 6.10 Å². The van der Waals surface area contributed by atoms with Gasteiger partial charge in [0, 0.05) is 28.5 Å². The lowest BCUT2D eigenvalue weighted by molar-refractivity contribution is -0.00212. The van der Waals surface area contributed by atoms with Gasteiger partial charge < -0.3 is 9.84 Å². The summed E-state index contributed by atoms with van der Waals surface area (Å²) < 4.78 is 7.72. The van der Waals surface area contributed by atoms with Crippen LogP contribution in [0, 0.1) is 5.41 Å². The van der Waals surface area contributed by atoms with Gasteiger partial charge in [0.25, 0.3) is 0 Å². The number of aromatic nitrogens is 3. The minimum atomic E-state index is -0.592. The molecule has 0 saturated carbocycles. The standard InChI is InChI=1S/C17H21Cl2N3O2/c1-17(2,3)16(23)14(22-9-20-8-21-22)7-11-6-12-13(19)4-10(18)5-15(12)24-11/h4-5,8-9,11,14,16,23H,6-7H2,1-3H3. The van der Waals surface area contributed by atoms with Crippen molar-refractivity contribution >= 4 is 23.2 Å². The highest BCUT2D eigenvalue weighted by atomic mass is 35.5. The van der Waals surface area contributed by atoms with Gasteiger partial charge in [0.1, 0.15) is 24.5 Å². The number of hydrogen-bond acceptors (Lipinski definition) is 4. The summed E-state index contributed by atoms with van der Waals surface area (Å²) in [7, 11) is 0. The molecule has 0 spiro atoms. The highest BCUT2D eigenvalue weighted by Crippen LogP contribution is 2.40. The molecule has 24 heavy (non-hydrogen) atoms. The normalized spacial score (nSPS) is 19.7. The van der Waals surface area contributed by atoms with Crippen LogP contribution in [0.2, 0.25) is 10.0 Å². The van der Waals surface area contributed by atoms with Crippen LogP contribution in [0.4, 0.5) is 0 Å². The summed E-state index contributed by atoms with van der Waals surface area (Å²) in [6.45, 7) is 6.01. The van der Waals surface area contributed by atoms with Crippen LogP contribution < -0.4 is 4.74 Å². The zero-order valence-electron chi connectivity index (χ0n) is 13.9. The van der Waals surface area contributed by atoms with Crippen LogP contribution in [0.3, 0.4) is 0 Å². The Bertz CT molecular complexity index is 713. The van der Waals surface area contributed by atoms with Crippen LogP contribution in [-0.4, -0.2) is 32.1 Å². The van der Waals surface area contributed by atoms with Crippen molar-refractivity contribution in [1.29, 1.82) is 0 Å². The van der Waals surface area contributed by atoms with Crippen molar-refractivity contribution in [2.45, 2.75) is 51.9 Å². The maximum absolute atomic E-state index is 10.8. The number of aliphatic hydroxyl groups is 1. The van der Waals surface area contributed by atoms with Gasteiger partial charge in [-0.2, -0.15) is 5.10 Å². The first-order chi connectivity index (χ1) is 11.3. The molecule has 0 radical (unpaired) electrons. The summed E-state index contributed by atoms with van der Waals surface area (Å²) >= 11 is 12.3. The first-order valence-electron chi connectivity index (χ1n) is 7.92. The number of hydrogen-bond donors (Lipinski definition) is 1. The Kier molecular flexibility index (Phi) is 4.78. The number of fused-ring (bicyclic) bond motifs is 1. The van der Waals surface area contributed by atoms with Crippen molar-refractivity contribution in [3.63, 3.8) is 0 Å². The molecule has 2 aromatic rings. The van der Waals surface area contributed by atoms with Crippen LogP contribution in [-0.2, 0) is 6.42 Å². The lowest BCUT2D eigenvalue weighted by atomic mass is 9.82. The summed E-state index contributed by atoms with van der Waals surface area (Å²) in [6.07, 6.45) is 3.71. The topological polar surface area (TPSA) is 60.2 Å². The second-order valence-electron chi connectivity index (χ2n) is 7.30. The van der Waals surface area contributed by atoms with Crippen molar-refractivity contribution in [1.82, 2.24) is 14.8 Å². The molecule has 2 heterocycles. The summed E-state index contributed by atoms with van der Waals surface area (Å²) in [6, 6.07) is 3.28. The predicted octanol–water partition coefficient (Wildman–Crippen LogP) is 3.93. The maximum Gasteiger partial charge on any atom is 0.137 e. The average molecular weight is 370 g/mol. The lowest BCUT2D eigenvalue weighted by Gasteiger charge is -2.34. The van der Waals surface area contributed by atoms with Crippen molar-refractivity contribution in [3.8, 4) is 5.75 Å². The fraction of sp³-hybridized carbons (Fsp3) is 0.529. The predicted molar refractivity (Wildman–Crippen MR) is 93.7 cm³/mol. The molecule has 7 heteroatoms. The summed E-state index contributed by atoms with van der Waals surface area (Å²) in [4.78, 5) is 4.01. The molecule has 0 aliphatic carbocycles. The molecule has 3 atom stereocenters. The first kappa shape index (κ1) is 17.5. The van der Waals surface area contributed by atoms with Gasteiger partial charge in [0.15, 0.2) is 0 Å². The zero-order valence-corrected chi connectivity index (χ0v) is 15.4. The summed E-state index contributed by atoms with van der Waals surface area (Å²) in [5.74, 6) is 0.722. The van der Waals surface area contributed by atoms with E-state index in [1.54, 1.807) is 23.1 Å². The lowest BCUT2D eigenvalue weighted by Crippen LogP contribution is -2.38. The number of nitrogens with zero attached hydrogens (tertiary/aromatic N) is 3. The van der Waals surface area contributed by atoms with Crippen LogP contribution in [0.1, 0.15) is 38.8 Å². The minimum absolute atomic E-state index is 0.0952. The Morgan fingerprint density at radius 3 is 2.75 bits per heavy atom. The highest BCUT2D eigenvalue weighted by Gasteiger charge is 2.36. The van der Waals surface area contributed by atoms with E-state index in [1.165, 1.54) is 6.33 Å². The molecule has 0 saturated heterocycles. The zero-order chi connectivity index (χ0) is 17.5. The van der Waals surface area contributed by atoms with Crippen molar-refractivity contribution < 1.29 is 9.84 Å². The van der Waals surface area contributed by atoms with E-state index in [9.17, 15) is 5.11 Å². The van der Waals surface area contributed by atoms with Crippen LogP contribution >= 0.6 is 23.2 Å². The number of rotatable bonds is 4. The molecule has 130 valence electrons. The Morgan fingerprint density at radius 1 is 1.38 bits per heavy atom. The largest absolute Gasteiger partial charge is 0.490 e. The highest BCUT2D eigenvalue weighted by molar-refractivity contribution is 6.35. The Labute approximate surface area is 151 Å². The van der Waals surface area contributed by atoms with Gasteiger partial charge in [0.2, 0.25) is 0 Å². The molecule has 1 aliphatic heterocycles. The smallest absolute Gasteiger partial charge is 0.137 e. The molecule has 3 rings (SSSR count). The molecule has 5 nitrogen and oxygen atoms in total. The first-order valence-corrected chi connectivity index (χ1v) is 8.68. The summed E-state index contributed by atoms with van der Waals surface area (Å²) in [5.41, 5.74) is 0.678. The van der Waals surface area contributed by atoms with E-state index in [2.05, 4.69) is 10.1 Å². The van der Waals surface area contributed by atoms with E-state index in [-0.39, 0.29) is 17.6 Å². The molecule has 1 aromatic carbocycles. The third-order valence-electron chi connectivity index (χ3n) is 4.38. The molecule has 1 aliphatic rings. The van der Waals surface area contributed by atoms with Gasteiger partial charge in [-0.15, -0.1) is 0 Å². The minimum Gasteiger partial charge on any atom is -0.490 e. The number of aliphatic hydroxyl groups excluding tert-OH is 1. The van der Waals surface area contributed by atoms with E-state index in [1.807, 2.05) is 20.8 Å². The third-order valence-corrected chi connectivity index (χ3v) is 4.93. The molecule has 1 aromatic heterocycles. The second kappa shape index (κ2) is 6.54. The van der Waals surface area contributed by atoms with E-state index in [0.29, 0.717) is 22.9 Å². The van der Waals surface area contributed by atoms with Gasteiger partial charge in [-0.25, -0.2) is 9.67 Å². The van der Waals surface area contributed by atoms with Gasteiger partial charge in [-0.05, 0) is 17.5 Å². The fourth-order valence-electron chi connectivity index (χ4n) is 3.08. The number of ether oxygens (including phenoxy) is 1. The quantitative estimate of drug-likeness (QED) is 0.886. The molecule has 0 bridgehead atoms. The van der Waals surface area contributed by atoms with E-state index >= 15 is 0 Å². The summed E-state index contributed by atoms with van der Waals surface area (Å²) in [5, 5.41) is 16.2. The SMILES string of the molecule is CC(C)(C)C(O)C(CC1Cc2c(Cl)cc(Cl)cc2O1)n1cncn1. The third kappa shape index (κ3) is 3.53. The van der Waals surface area contributed by atoms with Gasteiger partial charge in [-0.3, -0.25) is 0 Å². The van der Waals surface area contributed by atoms with Crippen LogP contribution in [0.15, 0.2) is 24.8 Å². The maximum atomic E-state index is 10.8. The molecule has 3 unspecified atom stereocenters. The fourth-order valence-corrected chi connectivity index (χ4v) is 3.63. The van der Waals surface area contributed by atoms with Gasteiger partial charge in [-0.1, -0.05) is 44.0 Å². The van der Waals surface area contributed by atoms with Crippen LogP contribution in [0.25, 0.3) is 0 Å². The van der Waals surface area contributed by atoms with E-state index in [4.69, 9.17) is 27.9 Å². The molecule has 0 amide bonds. The van der Waals surface area contributed by atoms with Crippen molar-refractivity contribution in [3.05, 3.63) is 40.4 Å². The van der Waals surface area contributed by atoms with Gasteiger partial charge >= 0.3 is 0 Å². The molecule has 0 fully saturated rings. The Hall–Kier alpha value is -1.30.